The van der Waals surface area contributed by atoms with E-state index in [2.05, 4.69) is 92.4 Å². The average Bonchev–Trinajstić information content (AvgIpc) is 3.16. The van der Waals surface area contributed by atoms with E-state index in [0.717, 1.165) is 91.4 Å². The van der Waals surface area contributed by atoms with E-state index in [0.29, 0.717) is 22.3 Å². The highest BCUT2D eigenvalue weighted by Crippen LogP contribution is 2.15. The first-order chi connectivity index (χ1) is 24.5. The van der Waals surface area contributed by atoms with Gasteiger partial charge in [-0.15, -0.1) is 0 Å². The zero-order chi connectivity index (χ0) is 35.0. The molecule has 252 valence electrons. The highest BCUT2D eigenvalue weighted by Gasteiger charge is 2.17. The van der Waals surface area contributed by atoms with Gasteiger partial charge in [-0.3, -0.25) is 19.6 Å². The minimum atomic E-state index is 0.676. The molecular formula is C42H44N8. The van der Waals surface area contributed by atoms with E-state index in [-0.39, 0.29) is 0 Å². The van der Waals surface area contributed by atoms with E-state index in [4.69, 9.17) is 0 Å². The van der Waals surface area contributed by atoms with E-state index in [1.54, 1.807) is 0 Å². The third kappa shape index (κ3) is 11.4. The lowest BCUT2D eigenvalue weighted by atomic mass is 10.1. The Morgan fingerprint density at radius 2 is 0.520 bits per heavy atom. The van der Waals surface area contributed by atoms with E-state index in [1.165, 1.54) is 22.3 Å². The third-order valence-electron chi connectivity index (χ3n) is 9.32. The summed E-state index contributed by atoms with van der Waals surface area (Å²) in [4.78, 5) is 10.2. The second-order valence-corrected chi connectivity index (χ2v) is 13.0. The van der Waals surface area contributed by atoms with Crippen molar-refractivity contribution in [2.75, 3.05) is 52.4 Å². The van der Waals surface area contributed by atoms with Crippen molar-refractivity contribution in [1.29, 1.82) is 21.0 Å². The molecule has 5 rings (SSSR count). The SMILES string of the molecule is N#Cc1ccc(CN2CCCN(Cc3ccc(C#N)cc3)CCN(Cc3ccc(C#N)cc3)CCCN(Cc3ccc(C#N)cc3)CC2)cc1. The van der Waals surface area contributed by atoms with Crippen LogP contribution in [0.4, 0.5) is 0 Å². The second kappa shape index (κ2) is 19.0. The second-order valence-electron chi connectivity index (χ2n) is 13.0. The molecule has 0 amide bonds. The fourth-order valence-corrected chi connectivity index (χ4v) is 6.45. The van der Waals surface area contributed by atoms with Gasteiger partial charge in [-0.05, 0) is 110 Å². The van der Waals surface area contributed by atoms with Gasteiger partial charge in [-0.25, -0.2) is 0 Å². The molecule has 50 heavy (non-hydrogen) atoms. The molecule has 0 atom stereocenters. The minimum absolute atomic E-state index is 0.676. The summed E-state index contributed by atoms with van der Waals surface area (Å²) >= 11 is 0. The molecule has 0 saturated carbocycles. The van der Waals surface area contributed by atoms with Crippen molar-refractivity contribution in [3.05, 3.63) is 142 Å². The highest BCUT2D eigenvalue weighted by molar-refractivity contribution is 5.34. The molecule has 8 heteroatoms. The number of nitrogens with zero attached hydrogens (tertiary/aromatic N) is 8. The van der Waals surface area contributed by atoms with Crippen LogP contribution in [-0.4, -0.2) is 72.0 Å². The molecule has 4 aromatic carbocycles. The summed E-state index contributed by atoms with van der Waals surface area (Å²) < 4.78 is 0. The van der Waals surface area contributed by atoms with Crippen LogP contribution in [0.15, 0.2) is 97.1 Å². The van der Waals surface area contributed by atoms with Crippen molar-refractivity contribution >= 4 is 0 Å². The van der Waals surface area contributed by atoms with Gasteiger partial charge >= 0.3 is 0 Å². The molecule has 4 aromatic rings. The van der Waals surface area contributed by atoms with Gasteiger partial charge in [0.25, 0.3) is 0 Å². The van der Waals surface area contributed by atoms with E-state index < -0.39 is 0 Å². The van der Waals surface area contributed by atoms with Crippen molar-refractivity contribution < 1.29 is 0 Å². The van der Waals surface area contributed by atoms with Crippen molar-refractivity contribution in [3.63, 3.8) is 0 Å². The molecule has 0 spiro atoms. The van der Waals surface area contributed by atoms with Gasteiger partial charge in [0.2, 0.25) is 0 Å². The van der Waals surface area contributed by atoms with Crippen molar-refractivity contribution in [3.8, 4) is 24.3 Å². The molecule has 1 aliphatic heterocycles. The Labute approximate surface area is 297 Å². The summed E-state index contributed by atoms with van der Waals surface area (Å²) in [5, 5.41) is 37.2. The van der Waals surface area contributed by atoms with Crippen LogP contribution in [0.3, 0.4) is 0 Å². The summed E-state index contributed by atoms with van der Waals surface area (Å²) in [7, 11) is 0. The summed E-state index contributed by atoms with van der Waals surface area (Å²) in [6, 6.07) is 40.7. The Morgan fingerprint density at radius 1 is 0.320 bits per heavy atom. The van der Waals surface area contributed by atoms with E-state index in [9.17, 15) is 21.0 Å². The Bertz CT molecular complexity index is 1530. The molecule has 0 aliphatic carbocycles. The molecule has 1 aliphatic rings. The predicted molar refractivity (Wildman–Crippen MR) is 195 cm³/mol. The fourth-order valence-electron chi connectivity index (χ4n) is 6.45. The van der Waals surface area contributed by atoms with Crippen LogP contribution in [0.25, 0.3) is 0 Å². The van der Waals surface area contributed by atoms with Gasteiger partial charge in [0.1, 0.15) is 0 Å². The number of hydrogen-bond acceptors (Lipinski definition) is 8. The standard InChI is InChI=1S/C42H44N8/c43-27-35-3-11-39(12-4-35)31-47-19-1-20-48(32-40-13-5-36(28-44)6-14-40)24-26-50(34-42-17-9-38(30-46)10-18-42)22-2-21-49(25-23-47)33-41-15-7-37(29-45)8-16-41/h3-18H,1-2,19-26,31-34H2. The lowest BCUT2D eigenvalue weighted by Gasteiger charge is -2.32. The molecule has 1 heterocycles. The van der Waals surface area contributed by atoms with E-state index in [1.807, 2.05) is 48.5 Å². The minimum Gasteiger partial charge on any atom is -0.298 e. The first-order valence-corrected chi connectivity index (χ1v) is 17.4. The molecule has 8 nitrogen and oxygen atoms in total. The van der Waals surface area contributed by atoms with Crippen molar-refractivity contribution in [2.45, 2.75) is 39.0 Å². The molecule has 0 radical (unpaired) electrons. The maximum atomic E-state index is 9.30. The van der Waals surface area contributed by atoms with Crippen LogP contribution < -0.4 is 0 Å². The summed E-state index contributed by atoms with van der Waals surface area (Å²) in [5.74, 6) is 0. The summed E-state index contributed by atoms with van der Waals surface area (Å²) in [5.41, 5.74) is 7.52. The monoisotopic (exact) mass is 660 g/mol. The van der Waals surface area contributed by atoms with Gasteiger partial charge in [-0.1, -0.05) is 48.5 Å². The smallest absolute Gasteiger partial charge is 0.0991 e. The van der Waals surface area contributed by atoms with Gasteiger partial charge in [-0.2, -0.15) is 21.0 Å². The zero-order valence-electron chi connectivity index (χ0n) is 28.7. The highest BCUT2D eigenvalue weighted by atomic mass is 15.2. The lowest BCUT2D eigenvalue weighted by molar-refractivity contribution is 0.148. The maximum absolute atomic E-state index is 9.30. The first-order valence-electron chi connectivity index (χ1n) is 17.4. The topological polar surface area (TPSA) is 108 Å². The molecule has 0 bridgehead atoms. The Balaban J connectivity index is 1.35. The normalized spacial score (nSPS) is 15.9. The van der Waals surface area contributed by atoms with Gasteiger partial charge in [0.15, 0.2) is 0 Å². The maximum Gasteiger partial charge on any atom is 0.0991 e. The molecule has 0 aromatic heterocycles. The van der Waals surface area contributed by atoms with E-state index >= 15 is 0 Å². The van der Waals surface area contributed by atoms with Crippen LogP contribution in [0, 0.1) is 45.3 Å². The average molecular weight is 661 g/mol. The first kappa shape index (κ1) is 36.0. The van der Waals surface area contributed by atoms with Crippen LogP contribution in [0.1, 0.15) is 57.3 Å². The Hall–Kier alpha value is -5.32. The van der Waals surface area contributed by atoms with Gasteiger partial charge < -0.3 is 0 Å². The molecule has 1 saturated heterocycles. The molecule has 0 N–H and O–H groups in total. The van der Waals surface area contributed by atoms with Crippen LogP contribution in [-0.2, 0) is 26.2 Å². The Kier molecular flexibility index (Phi) is 13.7. The number of rotatable bonds is 8. The fraction of sp³-hybridized carbons (Fsp3) is 0.333. The zero-order valence-corrected chi connectivity index (χ0v) is 28.7. The van der Waals surface area contributed by atoms with Crippen LogP contribution in [0.5, 0.6) is 0 Å². The predicted octanol–water partition coefficient (Wildman–Crippen LogP) is 6.28. The Morgan fingerprint density at radius 3 is 0.700 bits per heavy atom. The van der Waals surface area contributed by atoms with Gasteiger partial charge in [0, 0.05) is 52.4 Å². The van der Waals surface area contributed by atoms with Crippen LogP contribution >= 0.6 is 0 Å². The summed E-state index contributed by atoms with van der Waals surface area (Å²) in [6.45, 7) is 10.8. The number of hydrogen-bond donors (Lipinski definition) is 0. The largest absolute Gasteiger partial charge is 0.298 e. The number of benzene rings is 4. The molecule has 1 fully saturated rings. The quantitative estimate of drug-likeness (QED) is 0.218. The molecular weight excluding hydrogens is 617 g/mol. The van der Waals surface area contributed by atoms with Gasteiger partial charge in [0.05, 0.1) is 46.5 Å². The lowest BCUT2D eigenvalue weighted by Crippen LogP contribution is -2.40. The molecule has 0 unspecified atom stereocenters. The summed E-state index contributed by atoms with van der Waals surface area (Å²) in [6.07, 6.45) is 2.02. The van der Waals surface area contributed by atoms with Crippen molar-refractivity contribution in [2.24, 2.45) is 0 Å². The number of nitriles is 4. The van der Waals surface area contributed by atoms with Crippen LogP contribution in [0.2, 0.25) is 0 Å². The van der Waals surface area contributed by atoms with Crippen molar-refractivity contribution in [1.82, 2.24) is 19.6 Å². The third-order valence-corrected chi connectivity index (χ3v) is 9.32.